The number of amides is 1. The van der Waals surface area contributed by atoms with Crippen molar-refractivity contribution >= 4 is 23.2 Å². The molecule has 6 nitrogen and oxygen atoms in total. The number of nitrogens with one attached hydrogen (secondary N) is 2. The van der Waals surface area contributed by atoms with Crippen molar-refractivity contribution < 1.29 is 18.0 Å². The molecule has 2 N–H and O–H groups in total. The molecule has 1 fully saturated rings. The molecular formula is C20H32F3N5OS. The fourth-order valence-electron chi connectivity index (χ4n) is 3.30. The molecule has 1 aliphatic rings. The number of guanidine groups is 1. The summed E-state index contributed by atoms with van der Waals surface area (Å²) in [7, 11) is 3.39. The maximum absolute atomic E-state index is 12.5. The Balaban J connectivity index is 1.74. The molecule has 1 aliphatic heterocycles. The van der Waals surface area contributed by atoms with Crippen molar-refractivity contribution in [3.05, 3.63) is 22.4 Å². The number of piperidine rings is 1. The van der Waals surface area contributed by atoms with Crippen LogP contribution in [-0.2, 0) is 11.2 Å². The maximum Gasteiger partial charge on any atom is 0.401 e. The van der Waals surface area contributed by atoms with E-state index in [1.165, 1.54) is 14.7 Å². The van der Waals surface area contributed by atoms with E-state index in [1.807, 2.05) is 11.4 Å². The van der Waals surface area contributed by atoms with Crippen LogP contribution >= 0.6 is 11.3 Å². The summed E-state index contributed by atoms with van der Waals surface area (Å²) in [5, 5.41) is 8.57. The second-order valence-corrected chi connectivity index (χ2v) is 8.79. The molecule has 0 spiro atoms. The third-order valence-electron chi connectivity index (χ3n) is 5.07. The summed E-state index contributed by atoms with van der Waals surface area (Å²) in [6.45, 7) is 1.60. The number of nitrogens with zero attached hydrogens (tertiary/aromatic N) is 3. The number of thiophene rings is 1. The van der Waals surface area contributed by atoms with Crippen molar-refractivity contribution in [1.29, 1.82) is 0 Å². The molecular weight excluding hydrogens is 415 g/mol. The Labute approximate surface area is 180 Å². The molecule has 1 saturated heterocycles. The number of rotatable bonds is 9. The minimum absolute atomic E-state index is 0.0666. The van der Waals surface area contributed by atoms with E-state index >= 15 is 0 Å². The van der Waals surface area contributed by atoms with Crippen LogP contribution in [0, 0.1) is 5.92 Å². The Bertz CT molecular complexity index is 656. The molecule has 1 aromatic rings. The Morgan fingerprint density at radius 3 is 2.57 bits per heavy atom. The molecule has 1 aromatic heterocycles. The Hall–Kier alpha value is -1.81. The van der Waals surface area contributed by atoms with Crippen LogP contribution in [0.15, 0.2) is 22.5 Å². The van der Waals surface area contributed by atoms with Crippen LogP contribution in [0.4, 0.5) is 13.2 Å². The predicted molar refractivity (Wildman–Crippen MR) is 115 cm³/mol. The number of carbonyl (C=O) groups excluding carboxylic acids is 1. The third-order valence-corrected chi connectivity index (χ3v) is 6.01. The van der Waals surface area contributed by atoms with Gasteiger partial charge < -0.3 is 15.5 Å². The fraction of sp³-hybridized carbons (Fsp3) is 0.700. The molecule has 0 bridgehead atoms. The van der Waals surface area contributed by atoms with Gasteiger partial charge in [-0.3, -0.25) is 9.69 Å². The van der Waals surface area contributed by atoms with Crippen LogP contribution in [0.5, 0.6) is 0 Å². The largest absolute Gasteiger partial charge is 0.401 e. The normalized spacial score (nSPS) is 16.5. The minimum Gasteiger partial charge on any atom is -0.356 e. The molecule has 1 amide bonds. The standard InChI is InChI=1S/C20H32F3N5OS/c1-27(2)18(29)14-26-19(25-10-6-17-4-3-13-30-17)24-9-5-16-7-11-28(12-8-16)15-20(21,22)23/h3-4,13,16H,5-12,14-15H2,1-2H3,(H2,24,25,26). The number of aliphatic imine (C=N–C) groups is 1. The number of carbonyl (C=O) groups is 1. The predicted octanol–water partition coefficient (Wildman–Crippen LogP) is 2.58. The number of hydrogen-bond acceptors (Lipinski definition) is 4. The number of alkyl halides is 3. The highest BCUT2D eigenvalue weighted by Crippen LogP contribution is 2.23. The summed E-state index contributed by atoms with van der Waals surface area (Å²) in [6, 6.07) is 4.10. The van der Waals surface area contributed by atoms with Crippen molar-refractivity contribution in [3.8, 4) is 0 Å². The number of halogens is 3. The maximum atomic E-state index is 12.5. The van der Waals surface area contributed by atoms with Crippen LogP contribution in [-0.4, -0.2) is 81.2 Å². The minimum atomic E-state index is -4.13. The second-order valence-electron chi connectivity index (χ2n) is 7.76. The van der Waals surface area contributed by atoms with Gasteiger partial charge in [0.05, 0.1) is 6.54 Å². The lowest BCUT2D eigenvalue weighted by Gasteiger charge is -2.32. The van der Waals surface area contributed by atoms with Gasteiger partial charge in [0.1, 0.15) is 6.54 Å². The van der Waals surface area contributed by atoms with E-state index in [2.05, 4.69) is 21.7 Å². The van der Waals surface area contributed by atoms with Gasteiger partial charge in [-0.05, 0) is 56.1 Å². The van der Waals surface area contributed by atoms with Crippen molar-refractivity contribution in [2.75, 3.05) is 53.4 Å². The quantitative estimate of drug-likeness (QED) is 0.451. The van der Waals surface area contributed by atoms with Gasteiger partial charge in [0.2, 0.25) is 5.91 Å². The number of hydrogen-bond donors (Lipinski definition) is 2. The van der Waals surface area contributed by atoms with Gasteiger partial charge in [0, 0.05) is 32.1 Å². The van der Waals surface area contributed by atoms with E-state index < -0.39 is 12.7 Å². The van der Waals surface area contributed by atoms with Crippen LogP contribution in [0.2, 0.25) is 0 Å². The van der Waals surface area contributed by atoms with Crippen LogP contribution < -0.4 is 10.6 Å². The van der Waals surface area contributed by atoms with E-state index in [4.69, 9.17) is 0 Å². The van der Waals surface area contributed by atoms with Crippen LogP contribution in [0.25, 0.3) is 0 Å². The van der Waals surface area contributed by atoms with Gasteiger partial charge >= 0.3 is 6.18 Å². The first-order valence-electron chi connectivity index (χ1n) is 10.3. The summed E-state index contributed by atoms with van der Waals surface area (Å²) < 4.78 is 37.5. The van der Waals surface area contributed by atoms with Crippen LogP contribution in [0.3, 0.4) is 0 Å². The highest BCUT2D eigenvalue weighted by atomic mass is 32.1. The molecule has 0 unspecified atom stereocenters. The Morgan fingerprint density at radius 2 is 1.97 bits per heavy atom. The average molecular weight is 448 g/mol. The van der Waals surface area contributed by atoms with Gasteiger partial charge in [-0.25, -0.2) is 4.99 Å². The van der Waals surface area contributed by atoms with Crippen molar-refractivity contribution in [3.63, 3.8) is 0 Å². The lowest BCUT2D eigenvalue weighted by molar-refractivity contribution is -0.148. The van der Waals surface area contributed by atoms with E-state index in [-0.39, 0.29) is 12.5 Å². The van der Waals surface area contributed by atoms with E-state index in [9.17, 15) is 18.0 Å². The first-order valence-corrected chi connectivity index (χ1v) is 11.1. The van der Waals surface area contributed by atoms with Gasteiger partial charge in [-0.1, -0.05) is 6.07 Å². The molecule has 2 rings (SSSR count). The molecule has 0 atom stereocenters. The lowest BCUT2D eigenvalue weighted by atomic mass is 9.93. The number of likely N-dealkylation sites (N-methyl/N-ethyl adjacent to an activating group) is 1. The summed E-state index contributed by atoms with van der Waals surface area (Å²) >= 11 is 1.70. The zero-order chi connectivity index (χ0) is 22.0. The molecule has 0 saturated carbocycles. The third kappa shape index (κ3) is 9.80. The van der Waals surface area contributed by atoms with Crippen LogP contribution in [0.1, 0.15) is 24.1 Å². The zero-order valence-corrected chi connectivity index (χ0v) is 18.5. The summed E-state index contributed by atoms with van der Waals surface area (Å²) in [5.74, 6) is 0.917. The van der Waals surface area contributed by atoms with Crippen molar-refractivity contribution in [2.24, 2.45) is 10.9 Å². The van der Waals surface area contributed by atoms with E-state index in [0.717, 1.165) is 25.7 Å². The fourth-order valence-corrected chi connectivity index (χ4v) is 4.01. The molecule has 0 aromatic carbocycles. The van der Waals surface area contributed by atoms with Crippen molar-refractivity contribution in [1.82, 2.24) is 20.4 Å². The highest BCUT2D eigenvalue weighted by molar-refractivity contribution is 7.09. The SMILES string of the molecule is CN(C)C(=O)CN=C(NCCc1cccs1)NCCC1CCN(CC(F)(F)F)CC1. The molecule has 170 valence electrons. The molecule has 0 aliphatic carbocycles. The monoisotopic (exact) mass is 447 g/mol. The first-order chi connectivity index (χ1) is 14.2. The van der Waals surface area contributed by atoms with E-state index in [1.54, 1.807) is 25.4 Å². The topological polar surface area (TPSA) is 60.0 Å². The van der Waals surface area contributed by atoms with Gasteiger partial charge in [0.25, 0.3) is 0 Å². The molecule has 2 heterocycles. The zero-order valence-electron chi connectivity index (χ0n) is 17.7. The number of likely N-dealkylation sites (tertiary alicyclic amines) is 1. The molecule has 0 radical (unpaired) electrons. The van der Waals surface area contributed by atoms with Gasteiger partial charge in [-0.2, -0.15) is 13.2 Å². The van der Waals surface area contributed by atoms with E-state index in [0.29, 0.717) is 38.1 Å². The van der Waals surface area contributed by atoms with Gasteiger partial charge in [-0.15, -0.1) is 11.3 Å². The van der Waals surface area contributed by atoms with Crippen molar-refractivity contribution in [2.45, 2.75) is 31.9 Å². The lowest BCUT2D eigenvalue weighted by Crippen LogP contribution is -2.42. The second kappa shape index (κ2) is 12.1. The highest BCUT2D eigenvalue weighted by Gasteiger charge is 2.32. The summed E-state index contributed by atoms with van der Waals surface area (Å²) in [6.07, 6.45) is -0.840. The Kier molecular flexibility index (Phi) is 9.90. The average Bonchev–Trinajstić information content (AvgIpc) is 3.19. The summed E-state index contributed by atoms with van der Waals surface area (Å²) in [5.41, 5.74) is 0. The smallest absolute Gasteiger partial charge is 0.356 e. The van der Waals surface area contributed by atoms with Gasteiger partial charge in [0.15, 0.2) is 5.96 Å². The summed E-state index contributed by atoms with van der Waals surface area (Å²) in [4.78, 5) is 20.5. The molecule has 30 heavy (non-hydrogen) atoms. The first kappa shape index (κ1) is 24.5. The molecule has 10 heteroatoms. The Morgan fingerprint density at radius 1 is 1.27 bits per heavy atom.